The number of methoxy groups -OCH3 is 1. The maximum atomic E-state index is 13.7. The molecule has 12 heteroatoms. The van der Waals surface area contributed by atoms with E-state index in [-0.39, 0.29) is 24.0 Å². The third kappa shape index (κ3) is 6.52. The number of nitrogens with zero attached hydrogens (tertiary/aromatic N) is 3. The Hall–Kier alpha value is -4.81. The smallest absolute Gasteiger partial charge is 0.355 e. The Balaban J connectivity index is 1.22. The largest absolute Gasteiger partial charge is 0.497 e. The van der Waals surface area contributed by atoms with Crippen molar-refractivity contribution in [3.05, 3.63) is 114 Å². The molecule has 0 bridgehead atoms. The number of aromatic nitrogens is 2. The van der Waals surface area contributed by atoms with Gasteiger partial charge in [-0.25, -0.2) is 4.79 Å². The number of fused-ring (bicyclic) bond motifs is 1. The normalized spacial score (nSPS) is 17.3. The molecule has 2 aromatic heterocycles. The first-order chi connectivity index (χ1) is 21.9. The maximum absolute atomic E-state index is 13.7. The van der Waals surface area contributed by atoms with E-state index < -0.39 is 23.3 Å². The number of pyridine rings is 1. The minimum absolute atomic E-state index is 0.0166. The molecule has 0 unspecified atom stereocenters. The van der Waals surface area contributed by atoms with Crippen molar-refractivity contribution >= 4 is 46.9 Å². The molecular weight excluding hydrogens is 613 g/mol. The summed E-state index contributed by atoms with van der Waals surface area (Å²) in [6, 6.07) is 21.2. The van der Waals surface area contributed by atoms with Crippen LogP contribution in [-0.4, -0.2) is 62.9 Å². The first kappa shape index (κ1) is 30.2. The van der Waals surface area contributed by atoms with E-state index in [9.17, 15) is 14.4 Å². The van der Waals surface area contributed by atoms with Gasteiger partial charge in [-0.3, -0.25) is 19.5 Å². The summed E-state index contributed by atoms with van der Waals surface area (Å²) < 4.78 is 16.5. The zero-order valence-electron chi connectivity index (χ0n) is 24.2. The van der Waals surface area contributed by atoms with Crippen LogP contribution in [0.25, 0.3) is 16.8 Å². The van der Waals surface area contributed by atoms with Gasteiger partial charge in [-0.1, -0.05) is 42.1 Å². The maximum Gasteiger partial charge on any atom is 0.355 e. The Morgan fingerprint density at radius 1 is 1.11 bits per heavy atom. The van der Waals surface area contributed by atoms with Gasteiger partial charge in [0, 0.05) is 45.8 Å². The van der Waals surface area contributed by atoms with E-state index >= 15 is 0 Å². The number of ether oxygens (including phenoxy) is 2. The zero-order chi connectivity index (χ0) is 31.3. The molecule has 1 saturated heterocycles. The number of esters is 1. The topological polar surface area (TPSA) is 124 Å². The lowest BCUT2D eigenvalue weighted by molar-refractivity contribution is -0.153. The van der Waals surface area contributed by atoms with E-state index in [1.54, 1.807) is 62.0 Å². The van der Waals surface area contributed by atoms with Gasteiger partial charge in [0.15, 0.2) is 5.76 Å². The summed E-state index contributed by atoms with van der Waals surface area (Å²) in [6.07, 6.45) is 3.31. The number of nitrogens with one attached hydrogen (secondary N) is 1. The van der Waals surface area contributed by atoms with Crippen LogP contribution in [0.1, 0.15) is 11.3 Å². The number of allylic oxidation sites excluding steroid dienone is 1. The lowest BCUT2D eigenvalue weighted by Gasteiger charge is -2.49. The lowest BCUT2D eigenvalue weighted by atomic mass is 9.98. The Morgan fingerprint density at radius 2 is 1.87 bits per heavy atom. The summed E-state index contributed by atoms with van der Waals surface area (Å²) in [4.78, 5) is 46.4. The van der Waals surface area contributed by atoms with Crippen molar-refractivity contribution in [3.63, 3.8) is 0 Å². The molecule has 228 valence electrons. The molecule has 6 rings (SSSR count). The van der Waals surface area contributed by atoms with Crippen molar-refractivity contribution in [2.24, 2.45) is 0 Å². The number of carbonyl (C=O) groups excluding carboxylic acids is 3. The fourth-order valence-corrected chi connectivity index (χ4v) is 7.00. The van der Waals surface area contributed by atoms with E-state index in [4.69, 9.17) is 14.0 Å². The molecule has 45 heavy (non-hydrogen) atoms. The molecule has 4 heterocycles. The standard InChI is InChI=1S/C33H28N4O6S2/c1-20(27-16-26(36-43-27)22-12-14-34-15-13-22)25-18-45-32-29(35-28(38)19-44-24-6-4-3-5-7-24)31(39)37(32)30(25)33(40)42-17-21-8-10-23(41-2)11-9-21/h3-16,29,32H,1,17-19H2,2H3,(H,35,38)/t29-,32-/m1/s1. The van der Waals surface area contributed by atoms with E-state index in [1.165, 1.54) is 28.4 Å². The zero-order valence-corrected chi connectivity index (χ0v) is 25.8. The quantitative estimate of drug-likeness (QED) is 0.137. The van der Waals surface area contributed by atoms with Gasteiger partial charge in [0.05, 0.1) is 12.9 Å². The highest BCUT2D eigenvalue weighted by atomic mass is 32.2. The van der Waals surface area contributed by atoms with Gasteiger partial charge in [0.25, 0.3) is 5.91 Å². The molecule has 2 amide bonds. The van der Waals surface area contributed by atoms with E-state index in [0.29, 0.717) is 34.1 Å². The molecule has 0 saturated carbocycles. The minimum atomic E-state index is -0.776. The van der Waals surface area contributed by atoms with Gasteiger partial charge in [0.1, 0.15) is 35.2 Å². The SMILES string of the molecule is C=C(C1=C(C(=O)OCc2ccc(OC)cc2)N2C(=O)[C@@H](NC(=O)CSc3ccccc3)[C@H]2SC1)c1cc(-c2ccncc2)no1. The van der Waals surface area contributed by atoms with Gasteiger partial charge in [-0.15, -0.1) is 23.5 Å². The monoisotopic (exact) mass is 640 g/mol. The number of hydrogen-bond acceptors (Lipinski definition) is 10. The number of hydrogen-bond donors (Lipinski definition) is 1. The molecule has 4 aromatic rings. The minimum Gasteiger partial charge on any atom is -0.497 e. The van der Waals surface area contributed by atoms with Crippen molar-refractivity contribution in [2.45, 2.75) is 22.9 Å². The molecule has 0 spiro atoms. The first-order valence-electron chi connectivity index (χ1n) is 13.9. The Kier molecular flexibility index (Phi) is 9.03. The van der Waals surface area contributed by atoms with Crippen LogP contribution in [0.15, 0.2) is 112 Å². The van der Waals surface area contributed by atoms with Crippen LogP contribution < -0.4 is 10.1 Å². The van der Waals surface area contributed by atoms with E-state index in [2.05, 4.69) is 22.0 Å². The van der Waals surface area contributed by atoms with Gasteiger partial charge < -0.3 is 19.3 Å². The fraction of sp³-hybridized carbons (Fsp3) is 0.182. The molecule has 0 aliphatic carbocycles. The van der Waals surface area contributed by atoms with Crippen molar-refractivity contribution in [3.8, 4) is 17.0 Å². The van der Waals surface area contributed by atoms with Gasteiger partial charge in [0.2, 0.25) is 5.91 Å². The molecule has 2 aliphatic rings. The van der Waals surface area contributed by atoms with Crippen LogP contribution in [0, 0.1) is 0 Å². The summed E-state index contributed by atoms with van der Waals surface area (Å²) in [5.41, 5.74) is 3.11. The van der Waals surface area contributed by atoms with Crippen molar-refractivity contribution in [1.82, 2.24) is 20.4 Å². The predicted octanol–water partition coefficient (Wildman–Crippen LogP) is 4.95. The summed E-state index contributed by atoms with van der Waals surface area (Å²) in [5, 5.41) is 6.53. The highest BCUT2D eigenvalue weighted by molar-refractivity contribution is 8.00. The Morgan fingerprint density at radius 3 is 2.60 bits per heavy atom. The molecule has 2 atom stereocenters. The molecule has 2 aliphatic heterocycles. The van der Waals surface area contributed by atoms with Crippen molar-refractivity contribution < 1.29 is 28.4 Å². The van der Waals surface area contributed by atoms with Crippen molar-refractivity contribution in [1.29, 1.82) is 0 Å². The molecule has 0 radical (unpaired) electrons. The third-order valence-electron chi connectivity index (χ3n) is 7.27. The first-order valence-corrected chi connectivity index (χ1v) is 16.0. The second-order valence-corrected chi connectivity index (χ2v) is 12.3. The third-order valence-corrected chi connectivity index (χ3v) is 9.56. The van der Waals surface area contributed by atoms with Crippen LogP contribution in [0.5, 0.6) is 5.75 Å². The highest BCUT2D eigenvalue weighted by Gasteiger charge is 2.54. The summed E-state index contributed by atoms with van der Waals surface area (Å²) in [6.45, 7) is 4.19. The fourth-order valence-electron chi connectivity index (χ4n) is 4.88. The highest BCUT2D eigenvalue weighted by Crippen LogP contribution is 2.44. The number of carbonyl (C=O) groups is 3. The second kappa shape index (κ2) is 13.4. The molecule has 2 aromatic carbocycles. The number of rotatable bonds is 11. The molecule has 1 N–H and O–H groups in total. The van der Waals surface area contributed by atoms with E-state index in [1.807, 2.05) is 30.3 Å². The predicted molar refractivity (Wildman–Crippen MR) is 171 cm³/mol. The van der Waals surface area contributed by atoms with Crippen LogP contribution in [0.4, 0.5) is 0 Å². The average Bonchev–Trinajstić information content (AvgIpc) is 3.59. The van der Waals surface area contributed by atoms with Crippen molar-refractivity contribution in [2.75, 3.05) is 18.6 Å². The summed E-state index contributed by atoms with van der Waals surface area (Å²) in [5.74, 6) is 0.170. The Labute approximate surface area is 267 Å². The molecule has 10 nitrogen and oxygen atoms in total. The number of thioether (sulfide) groups is 2. The number of benzene rings is 2. The number of amides is 2. The summed E-state index contributed by atoms with van der Waals surface area (Å²) >= 11 is 2.81. The number of β-lactam (4-membered cyclic amide) rings is 1. The van der Waals surface area contributed by atoms with Crippen LogP contribution in [0.2, 0.25) is 0 Å². The average molecular weight is 641 g/mol. The molecule has 1 fully saturated rings. The van der Waals surface area contributed by atoms with Gasteiger partial charge in [-0.2, -0.15) is 0 Å². The lowest BCUT2D eigenvalue weighted by Crippen LogP contribution is -2.70. The summed E-state index contributed by atoms with van der Waals surface area (Å²) in [7, 11) is 1.57. The van der Waals surface area contributed by atoms with Crippen LogP contribution in [0.3, 0.4) is 0 Å². The van der Waals surface area contributed by atoms with E-state index in [0.717, 1.165) is 16.0 Å². The molecular formula is C33H28N4O6S2. The second-order valence-electron chi connectivity index (χ2n) is 10.1. The van der Waals surface area contributed by atoms with Crippen LogP contribution >= 0.6 is 23.5 Å². The van der Waals surface area contributed by atoms with Crippen LogP contribution in [-0.2, 0) is 25.7 Å². The van der Waals surface area contributed by atoms with Gasteiger partial charge in [-0.05, 0) is 42.0 Å². The Bertz CT molecular complexity index is 1760. The van der Waals surface area contributed by atoms with Gasteiger partial charge >= 0.3 is 5.97 Å².